The number of nitrogens with zero attached hydrogens (tertiary/aromatic N) is 3. The van der Waals surface area contributed by atoms with Crippen LogP contribution in [-0.4, -0.2) is 32.5 Å². The molecule has 6 nitrogen and oxygen atoms in total. The topological polar surface area (TPSA) is 75.2 Å². The summed E-state index contributed by atoms with van der Waals surface area (Å²) in [6, 6.07) is 9.14. The van der Waals surface area contributed by atoms with Crippen LogP contribution in [0, 0.1) is 6.92 Å². The zero-order valence-corrected chi connectivity index (χ0v) is 13.8. The number of nitrogens with one attached hydrogen (secondary N) is 1. The third kappa shape index (κ3) is 4.78. The van der Waals surface area contributed by atoms with E-state index in [1.807, 2.05) is 45.3 Å². The summed E-state index contributed by atoms with van der Waals surface area (Å²) >= 11 is 0. The molecule has 2 rings (SSSR count). The van der Waals surface area contributed by atoms with Crippen molar-refractivity contribution in [2.24, 2.45) is 0 Å². The molecule has 2 aromatic rings. The van der Waals surface area contributed by atoms with Crippen molar-refractivity contribution in [2.45, 2.75) is 19.2 Å². The van der Waals surface area contributed by atoms with Crippen LogP contribution in [0.2, 0.25) is 0 Å². The summed E-state index contributed by atoms with van der Waals surface area (Å²) in [6.45, 7) is 2.12. The van der Waals surface area contributed by atoms with E-state index in [0.717, 1.165) is 11.1 Å². The fraction of sp³-hybridized carbons (Fsp3) is 0.333. The van der Waals surface area contributed by atoms with Crippen molar-refractivity contribution in [2.75, 3.05) is 19.0 Å². The molecule has 0 aliphatic rings. The molecule has 0 saturated heterocycles. The van der Waals surface area contributed by atoms with E-state index < -0.39 is 10.0 Å². The molecule has 0 radical (unpaired) electrons. The van der Waals surface area contributed by atoms with Crippen molar-refractivity contribution >= 4 is 16.0 Å². The summed E-state index contributed by atoms with van der Waals surface area (Å²) in [4.78, 5) is 10.1. The summed E-state index contributed by atoms with van der Waals surface area (Å²) in [6.07, 6.45) is 1.62. The predicted octanol–water partition coefficient (Wildman–Crippen LogP) is 1.47. The van der Waals surface area contributed by atoms with Gasteiger partial charge >= 0.3 is 0 Å². The Morgan fingerprint density at radius 3 is 2.45 bits per heavy atom. The number of sulfonamides is 1. The number of anilines is 1. The lowest BCUT2D eigenvalue weighted by Crippen LogP contribution is -2.25. The van der Waals surface area contributed by atoms with Crippen LogP contribution in [0.25, 0.3) is 0 Å². The second-order valence-electron chi connectivity index (χ2n) is 5.31. The first-order chi connectivity index (χ1) is 10.4. The normalized spacial score (nSPS) is 11.4. The Morgan fingerprint density at radius 2 is 1.82 bits per heavy atom. The highest BCUT2D eigenvalue weighted by atomic mass is 32.2. The lowest BCUT2D eigenvalue weighted by molar-refractivity contribution is 0.579. The average Bonchev–Trinajstić information content (AvgIpc) is 2.48. The van der Waals surface area contributed by atoms with E-state index >= 15 is 0 Å². The summed E-state index contributed by atoms with van der Waals surface area (Å²) in [5, 5.41) is 0. The van der Waals surface area contributed by atoms with Crippen LogP contribution in [-0.2, 0) is 22.3 Å². The first kappa shape index (κ1) is 16.4. The van der Waals surface area contributed by atoms with Gasteiger partial charge in [0, 0.05) is 20.3 Å². The van der Waals surface area contributed by atoms with Crippen molar-refractivity contribution < 1.29 is 8.42 Å². The highest BCUT2D eigenvalue weighted by Crippen LogP contribution is 2.08. The van der Waals surface area contributed by atoms with Crippen molar-refractivity contribution in [1.29, 1.82) is 0 Å². The quantitative estimate of drug-likeness (QED) is 0.872. The lowest BCUT2D eigenvalue weighted by Gasteiger charge is -2.11. The molecule has 0 atom stereocenters. The van der Waals surface area contributed by atoms with Crippen molar-refractivity contribution in [3.05, 3.63) is 53.3 Å². The van der Waals surface area contributed by atoms with Crippen molar-refractivity contribution in [1.82, 2.24) is 14.7 Å². The van der Waals surface area contributed by atoms with Crippen LogP contribution in [0.4, 0.5) is 5.95 Å². The number of aryl methyl sites for hydroxylation is 1. The molecule has 1 N–H and O–H groups in total. The molecule has 7 heteroatoms. The molecule has 0 amide bonds. The molecule has 0 unspecified atom stereocenters. The maximum atomic E-state index is 12.1. The van der Waals surface area contributed by atoms with Crippen LogP contribution in [0.3, 0.4) is 0 Å². The van der Waals surface area contributed by atoms with Gasteiger partial charge in [0.2, 0.25) is 16.0 Å². The molecule has 118 valence electrons. The van der Waals surface area contributed by atoms with Gasteiger partial charge in [0.05, 0.1) is 18.0 Å². The van der Waals surface area contributed by atoms with Crippen LogP contribution >= 0.6 is 0 Å². The smallest absolute Gasteiger partial charge is 0.225 e. The minimum Gasteiger partial charge on any atom is -0.347 e. The highest BCUT2D eigenvalue weighted by Gasteiger charge is 2.12. The fourth-order valence-electron chi connectivity index (χ4n) is 1.84. The van der Waals surface area contributed by atoms with E-state index in [1.54, 1.807) is 17.2 Å². The van der Waals surface area contributed by atoms with Gasteiger partial charge in [-0.3, -0.25) is 0 Å². The second kappa shape index (κ2) is 6.85. The van der Waals surface area contributed by atoms with Crippen LogP contribution < -0.4 is 9.62 Å². The number of hydrogen-bond acceptors (Lipinski definition) is 5. The molecule has 0 aliphatic heterocycles. The van der Waals surface area contributed by atoms with Gasteiger partial charge in [-0.2, -0.15) is 0 Å². The van der Waals surface area contributed by atoms with Gasteiger partial charge in [0.1, 0.15) is 0 Å². The van der Waals surface area contributed by atoms with Gasteiger partial charge < -0.3 is 4.90 Å². The van der Waals surface area contributed by atoms with Gasteiger partial charge in [-0.15, -0.1) is 0 Å². The molecule has 0 spiro atoms. The first-order valence-corrected chi connectivity index (χ1v) is 8.53. The molecule has 1 aromatic heterocycles. The van der Waals surface area contributed by atoms with E-state index in [9.17, 15) is 8.42 Å². The lowest BCUT2D eigenvalue weighted by atomic mass is 10.2. The van der Waals surface area contributed by atoms with Crippen LogP contribution in [0.1, 0.15) is 16.8 Å². The van der Waals surface area contributed by atoms with E-state index in [2.05, 4.69) is 14.7 Å². The minimum atomic E-state index is -3.40. The largest absolute Gasteiger partial charge is 0.347 e. The van der Waals surface area contributed by atoms with Gasteiger partial charge in [-0.1, -0.05) is 29.8 Å². The SMILES string of the molecule is Cc1ccc(CS(=O)(=O)NCc2ccnc(N(C)C)n2)cc1. The molecule has 0 bridgehead atoms. The second-order valence-corrected chi connectivity index (χ2v) is 7.12. The van der Waals surface area contributed by atoms with Crippen molar-refractivity contribution in [3.8, 4) is 0 Å². The Morgan fingerprint density at radius 1 is 1.14 bits per heavy atom. The Kier molecular flexibility index (Phi) is 5.10. The molecule has 0 aliphatic carbocycles. The van der Waals surface area contributed by atoms with Gasteiger partial charge in [-0.25, -0.2) is 23.1 Å². The molecule has 0 fully saturated rings. The van der Waals surface area contributed by atoms with Gasteiger partial charge in [-0.05, 0) is 18.6 Å². The highest BCUT2D eigenvalue weighted by molar-refractivity contribution is 7.88. The van der Waals surface area contributed by atoms with Crippen molar-refractivity contribution in [3.63, 3.8) is 0 Å². The standard InChI is InChI=1S/C15H20N4O2S/c1-12-4-6-13(7-5-12)11-22(20,21)17-10-14-8-9-16-15(18-14)19(2)3/h4-9,17H,10-11H2,1-3H3. The van der Waals surface area contributed by atoms with E-state index in [-0.39, 0.29) is 12.3 Å². The minimum absolute atomic E-state index is 0.0428. The molecule has 0 saturated carbocycles. The maximum absolute atomic E-state index is 12.1. The summed E-state index contributed by atoms with van der Waals surface area (Å²) in [5.41, 5.74) is 2.49. The van der Waals surface area contributed by atoms with E-state index in [1.165, 1.54) is 0 Å². The Bertz CT molecular complexity index is 727. The fourth-order valence-corrected chi connectivity index (χ4v) is 2.94. The summed E-state index contributed by atoms with van der Waals surface area (Å²) in [7, 11) is 0.265. The summed E-state index contributed by atoms with van der Waals surface area (Å²) < 4.78 is 26.8. The molecular formula is C15H20N4O2S. The van der Waals surface area contributed by atoms with Gasteiger partial charge in [0.15, 0.2) is 0 Å². The Labute approximate surface area is 131 Å². The molecular weight excluding hydrogens is 300 g/mol. The van der Waals surface area contributed by atoms with Crippen LogP contribution in [0.15, 0.2) is 36.5 Å². The predicted molar refractivity (Wildman–Crippen MR) is 87.0 cm³/mol. The monoisotopic (exact) mass is 320 g/mol. The average molecular weight is 320 g/mol. The zero-order valence-electron chi connectivity index (χ0n) is 12.9. The zero-order chi connectivity index (χ0) is 16.2. The Balaban J connectivity index is 2.00. The van der Waals surface area contributed by atoms with Crippen LogP contribution in [0.5, 0.6) is 0 Å². The van der Waals surface area contributed by atoms with E-state index in [0.29, 0.717) is 11.6 Å². The van der Waals surface area contributed by atoms with E-state index in [4.69, 9.17) is 0 Å². The number of rotatable bonds is 6. The maximum Gasteiger partial charge on any atom is 0.225 e. The number of benzene rings is 1. The molecule has 1 heterocycles. The number of hydrogen-bond donors (Lipinski definition) is 1. The third-order valence-corrected chi connectivity index (χ3v) is 4.35. The number of aromatic nitrogens is 2. The third-order valence-electron chi connectivity index (χ3n) is 3.05. The summed E-state index contributed by atoms with van der Waals surface area (Å²) in [5.74, 6) is 0.508. The first-order valence-electron chi connectivity index (χ1n) is 6.88. The van der Waals surface area contributed by atoms with Gasteiger partial charge in [0.25, 0.3) is 0 Å². The molecule has 1 aromatic carbocycles. The molecule has 22 heavy (non-hydrogen) atoms. The Hall–Kier alpha value is -1.99.